The molecule has 2 aromatic rings. The number of piperidine rings is 1. The molecule has 1 saturated carbocycles. The van der Waals surface area contributed by atoms with Crippen molar-refractivity contribution >= 4 is 16.7 Å². The number of nitrogens with zero attached hydrogens (tertiary/aromatic N) is 3. The molecule has 0 radical (unpaired) electrons. The summed E-state index contributed by atoms with van der Waals surface area (Å²) in [6.45, 7) is 3.09. The Kier molecular flexibility index (Phi) is 2.54. The molecule has 2 fully saturated rings. The zero-order valence-electron chi connectivity index (χ0n) is 12.0. The van der Waals surface area contributed by atoms with Gasteiger partial charge in [0.1, 0.15) is 11.3 Å². The fraction of sp³-hybridized carbons (Fsp3) is 0.600. The highest BCUT2D eigenvalue weighted by atomic mass is 16.5. The number of methoxy groups -OCH3 is 1. The third-order valence-corrected chi connectivity index (χ3v) is 4.91. The monoisotopic (exact) mass is 272 g/mol. The average Bonchev–Trinajstić information content (AvgIpc) is 3.14. The van der Waals surface area contributed by atoms with Gasteiger partial charge in [-0.15, -0.1) is 0 Å². The largest absolute Gasteiger partial charge is 0.381 e. The maximum Gasteiger partial charge on any atom is 0.129 e. The fourth-order valence-electron chi connectivity index (χ4n) is 3.50. The van der Waals surface area contributed by atoms with Crippen LogP contribution in [0.15, 0.2) is 12.3 Å². The summed E-state index contributed by atoms with van der Waals surface area (Å²) < 4.78 is 5.57. The number of ether oxygens (including phenoxy) is 1. The molecule has 5 heteroatoms. The van der Waals surface area contributed by atoms with Crippen LogP contribution in [0.1, 0.15) is 31.4 Å². The van der Waals surface area contributed by atoms with Crippen LogP contribution in [0.25, 0.3) is 10.9 Å². The van der Waals surface area contributed by atoms with E-state index < -0.39 is 0 Å². The van der Waals surface area contributed by atoms with Crippen molar-refractivity contribution in [1.29, 1.82) is 0 Å². The Morgan fingerprint density at radius 2 is 2.30 bits per heavy atom. The van der Waals surface area contributed by atoms with Gasteiger partial charge in [0.05, 0.1) is 12.3 Å². The van der Waals surface area contributed by atoms with E-state index >= 15 is 0 Å². The van der Waals surface area contributed by atoms with Crippen molar-refractivity contribution in [3.05, 3.63) is 18.0 Å². The first-order valence-corrected chi connectivity index (χ1v) is 7.33. The molecule has 1 saturated heterocycles. The number of aromatic nitrogens is 3. The standard InChI is InChI=1S/C15H20N4O/c1-10-12-7-14(16-9-13(12)18-17-10)19-6-3-11(20-2)8-15(19)4-5-15/h7,9,11H,3-6,8H2,1-2H3,(H,17,18). The predicted molar refractivity (Wildman–Crippen MR) is 78.0 cm³/mol. The van der Waals surface area contributed by atoms with Gasteiger partial charge in [0.15, 0.2) is 0 Å². The van der Waals surface area contributed by atoms with Crippen LogP contribution in [0.4, 0.5) is 5.82 Å². The number of aryl methyl sites for hydroxylation is 1. The molecule has 5 nitrogen and oxygen atoms in total. The van der Waals surface area contributed by atoms with E-state index in [4.69, 9.17) is 4.74 Å². The van der Waals surface area contributed by atoms with E-state index in [9.17, 15) is 0 Å². The quantitative estimate of drug-likeness (QED) is 0.912. The molecule has 1 N–H and O–H groups in total. The van der Waals surface area contributed by atoms with E-state index in [1.165, 1.54) is 18.2 Å². The van der Waals surface area contributed by atoms with Gasteiger partial charge in [-0.25, -0.2) is 4.98 Å². The van der Waals surface area contributed by atoms with Crippen molar-refractivity contribution in [3.8, 4) is 0 Å². The number of rotatable bonds is 2. The third kappa shape index (κ3) is 1.73. The van der Waals surface area contributed by atoms with Gasteiger partial charge in [0.25, 0.3) is 0 Å². The first-order chi connectivity index (χ1) is 9.72. The molecule has 1 atom stereocenters. The smallest absolute Gasteiger partial charge is 0.129 e. The molecule has 1 spiro atoms. The zero-order chi connectivity index (χ0) is 13.7. The fourth-order valence-corrected chi connectivity index (χ4v) is 3.50. The van der Waals surface area contributed by atoms with Gasteiger partial charge < -0.3 is 9.64 Å². The molecule has 1 unspecified atom stereocenters. The normalized spacial score (nSPS) is 24.5. The van der Waals surface area contributed by atoms with Gasteiger partial charge in [0, 0.05) is 30.3 Å². The maximum absolute atomic E-state index is 5.57. The van der Waals surface area contributed by atoms with Crippen molar-refractivity contribution in [1.82, 2.24) is 15.2 Å². The minimum Gasteiger partial charge on any atom is -0.381 e. The Morgan fingerprint density at radius 3 is 3.05 bits per heavy atom. The van der Waals surface area contributed by atoms with Crippen molar-refractivity contribution in [2.45, 2.75) is 44.2 Å². The highest BCUT2D eigenvalue weighted by molar-refractivity contribution is 5.83. The van der Waals surface area contributed by atoms with Crippen LogP contribution in [0.2, 0.25) is 0 Å². The van der Waals surface area contributed by atoms with Gasteiger partial charge in [0.2, 0.25) is 0 Å². The summed E-state index contributed by atoms with van der Waals surface area (Å²) in [5.41, 5.74) is 2.36. The number of hydrogen-bond acceptors (Lipinski definition) is 4. The van der Waals surface area contributed by atoms with Crippen LogP contribution in [-0.4, -0.2) is 40.5 Å². The first-order valence-electron chi connectivity index (χ1n) is 7.33. The molecule has 0 aromatic carbocycles. The number of aromatic amines is 1. The Labute approximate surface area is 118 Å². The second kappa shape index (κ2) is 4.19. The van der Waals surface area contributed by atoms with Crippen LogP contribution in [0, 0.1) is 6.92 Å². The molecular formula is C15H20N4O. The van der Waals surface area contributed by atoms with Gasteiger partial charge in [-0.05, 0) is 38.7 Å². The first kappa shape index (κ1) is 12.1. The minimum absolute atomic E-state index is 0.303. The maximum atomic E-state index is 5.57. The molecule has 2 aromatic heterocycles. The van der Waals surface area contributed by atoms with Gasteiger partial charge in [-0.3, -0.25) is 5.10 Å². The lowest BCUT2D eigenvalue weighted by atomic mass is 9.97. The van der Waals surface area contributed by atoms with Crippen LogP contribution in [-0.2, 0) is 4.74 Å². The van der Waals surface area contributed by atoms with E-state index in [2.05, 4.69) is 33.1 Å². The summed E-state index contributed by atoms with van der Waals surface area (Å²) in [6, 6.07) is 2.18. The summed E-state index contributed by atoms with van der Waals surface area (Å²) in [6.07, 6.45) is 7.03. The highest BCUT2D eigenvalue weighted by Crippen LogP contribution is 2.50. The minimum atomic E-state index is 0.303. The van der Waals surface area contributed by atoms with Crippen molar-refractivity contribution < 1.29 is 4.74 Å². The molecule has 4 rings (SSSR count). The molecule has 3 heterocycles. The predicted octanol–water partition coefficient (Wildman–Crippen LogP) is 2.41. The lowest BCUT2D eigenvalue weighted by Gasteiger charge is -2.40. The summed E-state index contributed by atoms with van der Waals surface area (Å²) in [5.74, 6) is 1.09. The second-order valence-electron chi connectivity index (χ2n) is 6.13. The third-order valence-electron chi connectivity index (χ3n) is 4.91. The molecule has 106 valence electrons. The molecule has 0 bridgehead atoms. The van der Waals surface area contributed by atoms with E-state index in [0.717, 1.165) is 36.4 Å². The summed E-state index contributed by atoms with van der Waals surface area (Å²) in [4.78, 5) is 7.13. The van der Waals surface area contributed by atoms with Gasteiger partial charge in [-0.1, -0.05) is 0 Å². The summed E-state index contributed by atoms with van der Waals surface area (Å²) in [5, 5.41) is 8.47. The van der Waals surface area contributed by atoms with Crippen molar-refractivity contribution in [3.63, 3.8) is 0 Å². The van der Waals surface area contributed by atoms with Gasteiger partial charge >= 0.3 is 0 Å². The Morgan fingerprint density at radius 1 is 1.45 bits per heavy atom. The van der Waals surface area contributed by atoms with Crippen LogP contribution < -0.4 is 4.90 Å². The van der Waals surface area contributed by atoms with E-state index in [0.29, 0.717) is 11.6 Å². The highest BCUT2D eigenvalue weighted by Gasteiger charge is 2.52. The number of anilines is 1. The number of nitrogens with one attached hydrogen (secondary N) is 1. The Hall–Kier alpha value is -1.62. The SMILES string of the molecule is COC1CCN(c2cc3c(C)[nH]nc3cn2)C2(CC2)C1. The van der Waals surface area contributed by atoms with Crippen LogP contribution in [0.3, 0.4) is 0 Å². The zero-order valence-corrected chi connectivity index (χ0v) is 12.0. The van der Waals surface area contributed by atoms with E-state index in [-0.39, 0.29) is 0 Å². The number of H-pyrrole nitrogens is 1. The van der Waals surface area contributed by atoms with Gasteiger partial charge in [-0.2, -0.15) is 5.10 Å². The molecule has 2 aliphatic rings. The van der Waals surface area contributed by atoms with E-state index in [1.54, 1.807) is 0 Å². The van der Waals surface area contributed by atoms with Crippen molar-refractivity contribution in [2.24, 2.45) is 0 Å². The summed E-state index contributed by atoms with van der Waals surface area (Å²) in [7, 11) is 1.83. The van der Waals surface area contributed by atoms with Crippen LogP contribution >= 0.6 is 0 Å². The van der Waals surface area contributed by atoms with E-state index in [1.807, 2.05) is 13.3 Å². The Bertz CT molecular complexity index is 646. The Balaban J connectivity index is 1.70. The molecular weight excluding hydrogens is 252 g/mol. The summed E-state index contributed by atoms with van der Waals surface area (Å²) >= 11 is 0. The lowest BCUT2D eigenvalue weighted by molar-refractivity contribution is 0.0663. The molecule has 1 aliphatic heterocycles. The molecule has 20 heavy (non-hydrogen) atoms. The second-order valence-corrected chi connectivity index (χ2v) is 6.13. The van der Waals surface area contributed by atoms with Crippen LogP contribution in [0.5, 0.6) is 0 Å². The topological polar surface area (TPSA) is 54.0 Å². The molecule has 0 amide bonds. The lowest BCUT2D eigenvalue weighted by Crippen LogP contribution is -2.47. The number of hydrogen-bond donors (Lipinski definition) is 1. The number of fused-ring (bicyclic) bond motifs is 1. The van der Waals surface area contributed by atoms with Crippen molar-refractivity contribution in [2.75, 3.05) is 18.6 Å². The molecule has 1 aliphatic carbocycles. The number of pyridine rings is 1. The average molecular weight is 272 g/mol.